The van der Waals surface area contributed by atoms with Crippen molar-refractivity contribution >= 4 is 17.5 Å². The van der Waals surface area contributed by atoms with E-state index in [-0.39, 0.29) is 17.9 Å². The SMILES string of the molecule is CC(=O)N1CC[C@H](N[C@@H]2CCCN(c3ccccc3)C2=O)[C@H](C)C1. The van der Waals surface area contributed by atoms with Crippen LogP contribution in [0.5, 0.6) is 0 Å². The van der Waals surface area contributed by atoms with Crippen LogP contribution in [0.2, 0.25) is 0 Å². The first-order chi connectivity index (χ1) is 11.6. The third-order valence-corrected chi connectivity index (χ3v) is 5.27. The van der Waals surface area contributed by atoms with Gasteiger partial charge in [0.2, 0.25) is 11.8 Å². The fourth-order valence-electron chi connectivity index (χ4n) is 3.83. The van der Waals surface area contributed by atoms with Crippen LogP contribution in [-0.2, 0) is 9.59 Å². The van der Waals surface area contributed by atoms with Gasteiger partial charge in [-0.3, -0.25) is 9.59 Å². The lowest BCUT2D eigenvalue weighted by Crippen LogP contribution is -2.58. The van der Waals surface area contributed by atoms with E-state index in [0.717, 1.165) is 44.6 Å². The standard InChI is InChI=1S/C19H27N3O2/c1-14-13-21(15(2)23)12-10-17(14)20-18-9-6-11-22(19(18)24)16-7-4-3-5-8-16/h3-5,7-8,14,17-18,20H,6,9-13H2,1-2H3/t14-,17+,18-/m1/s1. The lowest BCUT2D eigenvalue weighted by atomic mass is 9.91. The van der Waals surface area contributed by atoms with E-state index < -0.39 is 0 Å². The molecule has 0 bridgehead atoms. The Balaban J connectivity index is 1.63. The van der Waals surface area contributed by atoms with Gasteiger partial charge in [-0.05, 0) is 37.3 Å². The van der Waals surface area contributed by atoms with E-state index in [1.807, 2.05) is 40.1 Å². The number of nitrogens with one attached hydrogen (secondary N) is 1. The van der Waals surface area contributed by atoms with Gasteiger partial charge in [-0.25, -0.2) is 0 Å². The van der Waals surface area contributed by atoms with Gasteiger partial charge in [-0.15, -0.1) is 0 Å². The van der Waals surface area contributed by atoms with Gasteiger partial charge in [0, 0.05) is 38.3 Å². The van der Waals surface area contributed by atoms with Crippen molar-refractivity contribution in [2.24, 2.45) is 5.92 Å². The highest BCUT2D eigenvalue weighted by Gasteiger charge is 2.34. The molecular formula is C19H27N3O2. The van der Waals surface area contributed by atoms with E-state index in [9.17, 15) is 9.59 Å². The quantitative estimate of drug-likeness (QED) is 0.923. The van der Waals surface area contributed by atoms with Crippen LogP contribution >= 0.6 is 0 Å². The molecule has 2 aliphatic rings. The van der Waals surface area contributed by atoms with Gasteiger partial charge in [0.25, 0.3) is 0 Å². The van der Waals surface area contributed by atoms with Gasteiger partial charge in [0.05, 0.1) is 6.04 Å². The molecule has 0 aromatic heterocycles. The first-order valence-electron chi connectivity index (χ1n) is 8.94. The second-order valence-corrected chi connectivity index (χ2v) is 7.02. The monoisotopic (exact) mass is 329 g/mol. The minimum Gasteiger partial charge on any atom is -0.343 e. The molecule has 1 aromatic rings. The zero-order valence-corrected chi connectivity index (χ0v) is 14.6. The van der Waals surface area contributed by atoms with Gasteiger partial charge >= 0.3 is 0 Å². The molecule has 0 aliphatic carbocycles. The number of piperidine rings is 2. The van der Waals surface area contributed by atoms with Crippen molar-refractivity contribution in [3.8, 4) is 0 Å². The molecule has 0 unspecified atom stereocenters. The molecule has 130 valence electrons. The van der Waals surface area contributed by atoms with E-state index in [1.54, 1.807) is 6.92 Å². The highest BCUT2D eigenvalue weighted by molar-refractivity contribution is 5.97. The first kappa shape index (κ1) is 17.0. The number of para-hydroxylation sites is 1. The van der Waals surface area contributed by atoms with Crippen LogP contribution in [0.1, 0.15) is 33.1 Å². The molecule has 24 heavy (non-hydrogen) atoms. The summed E-state index contributed by atoms with van der Waals surface area (Å²) in [6.45, 7) is 6.13. The summed E-state index contributed by atoms with van der Waals surface area (Å²) in [6.07, 6.45) is 2.82. The maximum atomic E-state index is 12.9. The predicted molar refractivity (Wildman–Crippen MR) is 94.8 cm³/mol. The molecule has 1 aromatic carbocycles. The number of amides is 2. The number of benzene rings is 1. The maximum absolute atomic E-state index is 12.9. The molecule has 2 saturated heterocycles. The van der Waals surface area contributed by atoms with E-state index >= 15 is 0 Å². The number of nitrogens with zero attached hydrogens (tertiary/aromatic N) is 2. The van der Waals surface area contributed by atoms with Crippen molar-refractivity contribution in [1.82, 2.24) is 10.2 Å². The van der Waals surface area contributed by atoms with Gasteiger partial charge < -0.3 is 15.1 Å². The number of anilines is 1. The summed E-state index contributed by atoms with van der Waals surface area (Å²) in [5, 5.41) is 3.59. The van der Waals surface area contributed by atoms with Crippen molar-refractivity contribution in [2.45, 2.75) is 45.2 Å². The largest absolute Gasteiger partial charge is 0.343 e. The summed E-state index contributed by atoms with van der Waals surface area (Å²) in [4.78, 5) is 28.2. The molecule has 3 atom stereocenters. The average Bonchev–Trinajstić information content (AvgIpc) is 2.59. The van der Waals surface area contributed by atoms with E-state index in [2.05, 4.69) is 12.2 Å². The molecule has 1 N–H and O–H groups in total. The van der Waals surface area contributed by atoms with Crippen LogP contribution in [0.3, 0.4) is 0 Å². The molecule has 0 spiro atoms. The molecule has 0 saturated carbocycles. The van der Waals surface area contributed by atoms with Gasteiger partial charge in [-0.2, -0.15) is 0 Å². The van der Waals surface area contributed by atoms with Crippen LogP contribution in [-0.4, -0.2) is 48.4 Å². The van der Waals surface area contributed by atoms with Crippen LogP contribution in [0.25, 0.3) is 0 Å². The molecule has 2 fully saturated rings. The summed E-state index contributed by atoms with van der Waals surface area (Å²) < 4.78 is 0. The van der Waals surface area contributed by atoms with Crippen LogP contribution in [0.4, 0.5) is 5.69 Å². The number of hydrogen-bond donors (Lipinski definition) is 1. The summed E-state index contributed by atoms with van der Waals surface area (Å²) in [6, 6.07) is 10.1. The molecule has 0 radical (unpaired) electrons. The Hall–Kier alpha value is -1.88. The first-order valence-corrected chi connectivity index (χ1v) is 8.94. The minimum absolute atomic E-state index is 0.115. The number of carbonyl (C=O) groups is 2. The predicted octanol–water partition coefficient (Wildman–Crippen LogP) is 2.03. The number of rotatable bonds is 3. The normalized spacial score (nSPS) is 28.1. The zero-order chi connectivity index (χ0) is 17.1. The second-order valence-electron chi connectivity index (χ2n) is 7.02. The summed E-state index contributed by atoms with van der Waals surface area (Å²) in [5.74, 6) is 0.681. The number of hydrogen-bond acceptors (Lipinski definition) is 3. The highest BCUT2D eigenvalue weighted by atomic mass is 16.2. The van der Waals surface area contributed by atoms with Crippen molar-refractivity contribution < 1.29 is 9.59 Å². The van der Waals surface area contributed by atoms with Crippen LogP contribution in [0, 0.1) is 5.92 Å². The summed E-state index contributed by atoms with van der Waals surface area (Å²) in [5.41, 5.74) is 0.980. The Bertz CT molecular complexity index is 590. The minimum atomic E-state index is -0.115. The van der Waals surface area contributed by atoms with Crippen molar-refractivity contribution in [3.63, 3.8) is 0 Å². The fraction of sp³-hybridized carbons (Fsp3) is 0.579. The van der Waals surface area contributed by atoms with Crippen LogP contribution < -0.4 is 10.2 Å². The lowest BCUT2D eigenvalue weighted by molar-refractivity contribution is -0.131. The molecule has 2 aliphatic heterocycles. The van der Waals surface area contributed by atoms with E-state index in [1.165, 1.54) is 0 Å². The molecule has 5 heteroatoms. The average molecular weight is 329 g/mol. The lowest BCUT2D eigenvalue weighted by Gasteiger charge is -2.40. The maximum Gasteiger partial charge on any atom is 0.244 e. The summed E-state index contributed by atoms with van der Waals surface area (Å²) in [7, 11) is 0. The number of carbonyl (C=O) groups excluding carboxylic acids is 2. The van der Waals surface area contributed by atoms with Crippen molar-refractivity contribution in [2.75, 3.05) is 24.5 Å². The Kier molecular flexibility index (Phi) is 5.19. The van der Waals surface area contributed by atoms with Gasteiger partial charge in [0.1, 0.15) is 0 Å². The third-order valence-electron chi connectivity index (χ3n) is 5.27. The zero-order valence-electron chi connectivity index (χ0n) is 14.6. The fourth-order valence-corrected chi connectivity index (χ4v) is 3.83. The number of likely N-dealkylation sites (tertiary alicyclic amines) is 1. The Morgan fingerprint density at radius 1 is 1.17 bits per heavy atom. The highest BCUT2D eigenvalue weighted by Crippen LogP contribution is 2.23. The molecular weight excluding hydrogens is 302 g/mol. The Morgan fingerprint density at radius 3 is 2.58 bits per heavy atom. The van der Waals surface area contributed by atoms with Crippen molar-refractivity contribution in [3.05, 3.63) is 30.3 Å². The Morgan fingerprint density at radius 2 is 1.92 bits per heavy atom. The van der Waals surface area contributed by atoms with Gasteiger partial charge in [-0.1, -0.05) is 25.1 Å². The van der Waals surface area contributed by atoms with Crippen molar-refractivity contribution in [1.29, 1.82) is 0 Å². The second kappa shape index (κ2) is 7.34. The third kappa shape index (κ3) is 3.61. The topological polar surface area (TPSA) is 52.7 Å². The molecule has 2 amide bonds. The summed E-state index contributed by atoms with van der Waals surface area (Å²) >= 11 is 0. The molecule has 3 rings (SSSR count). The van der Waals surface area contributed by atoms with Crippen LogP contribution in [0.15, 0.2) is 30.3 Å². The van der Waals surface area contributed by atoms with E-state index in [4.69, 9.17) is 0 Å². The van der Waals surface area contributed by atoms with Gasteiger partial charge in [0.15, 0.2) is 0 Å². The van der Waals surface area contributed by atoms with E-state index in [0.29, 0.717) is 12.0 Å². The molecule has 2 heterocycles. The molecule has 5 nitrogen and oxygen atoms in total. The smallest absolute Gasteiger partial charge is 0.244 e. The Labute approximate surface area is 144 Å².